The summed E-state index contributed by atoms with van der Waals surface area (Å²) in [6.07, 6.45) is 1.67. The molecule has 0 aromatic carbocycles. The smallest absolute Gasteiger partial charge is 0.282 e. The van der Waals surface area contributed by atoms with Crippen LogP contribution in [0.15, 0.2) is 11.6 Å². The molecular weight excluding hydrogens is 262 g/mol. The molecule has 0 spiro atoms. The monoisotopic (exact) mass is 283 g/mol. The second-order valence-electron chi connectivity index (χ2n) is 4.38. The summed E-state index contributed by atoms with van der Waals surface area (Å²) in [5.41, 5.74) is 0. The largest absolute Gasteiger partial charge is 0.334 e. The maximum absolute atomic E-state index is 11.7. The van der Waals surface area contributed by atoms with E-state index in [9.17, 15) is 4.79 Å². The van der Waals surface area contributed by atoms with Crippen molar-refractivity contribution in [2.75, 3.05) is 52.4 Å². The van der Waals surface area contributed by atoms with Crippen molar-refractivity contribution in [2.24, 2.45) is 0 Å². The van der Waals surface area contributed by atoms with Gasteiger partial charge in [-0.2, -0.15) is 0 Å². The molecule has 0 aliphatic carbocycles. The molecule has 2 fully saturated rings. The van der Waals surface area contributed by atoms with Gasteiger partial charge in [-0.3, -0.25) is 4.79 Å². The summed E-state index contributed by atoms with van der Waals surface area (Å²) in [6, 6.07) is 0. The van der Waals surface area contributed by atoms with Crippen LogP contribution in [0.5, 0.6) is 0 Å². The van der Waals surface area contributed by atoms with E-state index >= 15 is 0 Å². The first kappa shape index (κ1) is 14.4. The topological polar surface area (TPSA) is 69.3 Å². The zero-order valence-corrected chi connectivity index (χ0v) is 11.8. The molecule has 0 atom stereocenters. The first-order valence-electron chi connectivity index (χ1n) is 6.69. The van der Waals surface area contributed by atoms with Crippen molar-refractivity contribution >= 4 is 17.2 Å². The average molecular weight is 283 g/mol. The average Bonchev–Trinajstić information content (AvgIpc) is 3.04. The second-order valence-corrected chi connectivity index (χ2v) is 5.27. The molecule has 1 aromatic heterocycles. The van der Waals surface area contributed by atoms with Gasteiger partial charge in [0.05, 0.1) is 0 Å². The van der Waals surface area contributed by atoms with E-state index in [1.165, 1.54) is 11.3 Å². The lowest BCUT2D eigenvalue weighted by Gasteiger charge is -2.26. The minimum absolute atomic E-state index is 0.0662. The normalized spacial score (nSPS) is 19.5. The van der Waals surface area contributed by atoms with Gasteiger partial charge in [0.25, 0.3) is 5.91 Å². The predicted molar refractivity (Wildman–Crippen MR) is 76.6 cm³/mol. The van der Waals surface area contributed by atoms with Gasteiger partial charge >= 0.3 is 0 Å². The summed E-state index contributed by atoms with van der Waals surface area (Å²) >= 11 is 1.40. The molecule has 3 rings (SSSR count). The fourth-order valence-electron chi connectivity index (χ4n) is 1.94. The van der Waals surface area contributed by atoms with E-state index in [-0.39, 0.29) is 5.91 Å². The van der Waals surface area contributed by atoms with Gasteiger partial charge in [0, 0.05) is 63.9 Å². The van der Waals surface area contributed by atoms with E-state index in [0.29, 0.717) is 5.01 Å². The van der Waals surface area contributed by atoms with Gasteiger partial charge in [0.15, 0.2) is 5.01 Å². The van der Waals surface area contributed by atoms with Crippen molar-refractivity contribution < 1.29 is 4.79 Å². The number of rotatable bonds is 1. The molecule has 106 valence electrons. The zero-order valence-electron chi connectivity index (χ0n) is 11.0. The molecule has 2 aliphatic rings. The molecule has 0 bridgehead atoms. The molecule has 0 radical (unpaired) electrons. The van der Waals surface area contributed by atoms with Gasteiger partial charge in [-0.05, 0) is 0 Å². The first-order valence-corrected chi connectivity index (χ1v) is 7.57. The third-order valence-electron chi connectivity index (χ3n) is 2.98. The molecule has 3 heterocycles. The highest BCUT2D eigenvalue weighted by atomic mass is 32.1. The van der Waals surface area contributed by atoms with Crippen LogP contribution < -0.4 is 16.0 Å². The highest BCUT2D eigenvalue weighted by molar-refractivity contribution is 7.11. The summed E-state index contributed by atoms with van der Waals surface area (Å²) in [5.74, 6) is 0.0662. The molecule has 7 heteroatoms. The summed E-state index contributed by atoms with van der Waals surface area (Å²) in [4.78, 5) is 17.5. The van der Waals surface area contributed by atoms with Gasteiger partial charge in [-0.15, -0.1) is 11.3 Å². The Morgan fingerprint density at radius 1 is 1.05 bits per heavy atom. The van der Waals surface area contributed by atoms with Crippen LogP contribution in [0.4, 0.5) is 0 Å². The maximum atomic E-state index is 11.7. The number of hydrogen-bond acceptors (Lipinski definition) is 6. The Hall–Kier alpha value is -1.02. The minimum atomic E-state index is 0.0662. The molecule has 6 nitrogen and oxygen atoms in total. The number of carbonyl (C=O) groups is 1. The van der Waals surface area contributed by atoms with Gasteiger partial charge < -0.3 is 20.9 Å². The molecule has 1 aromatic rings. The Bertz CT molecular complexity index is 349. The molecule has 0 saturated carbocycles. The highest BCUT2D eigenvalue weighted by Crippen LogP contribution is 2.08. The maximum Gasteiger partial charge on any atom is 0.282 e. The summed E-state index contributed by atoms with van der Waals surface area (Å²) in [7, 11) is 0. The fraction of sp³-hybridized carbons (Fsp3) is 0.667. The van der Waals surface area contributed by atoms with E-state index in [2.05, 4.69) is 20.9 Å². The Morgan fingerprint density at radius 2 is 1.63 bits per heavy atom. The highest BCUT2D eigenvalue weighted by Gasteiger charge is 2.19. The minimum Gasteiger partial charge on any atom is -0.334 e. The van der Waals surface area contributed by atoms with E-state index in [0.717, 1.165) is 52.4 Å². The van der Waals surface area contributed by atoms with Crippen molar-refractivity contribution in [1.82, 2.24) is 25.8 Å². The SMILES string of the molecule is C1CNCCN1.O=C(c1nccs1)N1CCNCC1. The van der Waals surface area contributed by atoms with Crippen LogP contribution in [0.1, 0.15) is 9.80 Å². The molecule has 2 saturated heterocycles. The fourth-order valence-corrected chi connectivity index (χ4v) is 2.54. The lowest BCUT2D eigenvalue weighted by molar-refractivity contribution is 0.0735. The van der Waals surface area contributed by atoms with Crippen molar-refractivity contribution in [2.45, 2.75) is 0 Å². The zero-order chi connectivity index (χ0) is 13.3. The summed E-state index contributed by atoms with van der Waals surface area (Å²) in [5, 5.41) is 12.1. The van der Waals surface area contributed by atoms with Crippen molar-refractivity contribution in [1.29, 1.82) is 0 Å². The third kappa shape index (κ3) is 4.87. The molecule has 3 N–H and O–H groups in total. The number of amides is 1. The number of aromatic nitrogens is 1. The predicted octanol–water partition coefficient (Wildman–Crippen LogP) is -0.632. The number of hydrogen-bond donors (Lipinski definition) is 3. The number of piperazine rings is 2. The molecular formula is C12H21N5OS. The second kappa shape index (κ2) is 8.21. The Kier molecular flexibility index (Phi) is 6.22. The molecule has 2 aliphatic heterocycles. The van der Waals surface area contributed by atoms with Gasteiger partial charge in [0.1, 0.15) is 0 Å². The molecule has 0 unspecified atom stereocenters. The standard InChI is InChI=1S/C8H11N3OS.C4H10N2/c12-8(7-10-3-6-13-7)11-4-1-9-2-5-11;1-2-6-4-3-5-1/h3,6,9H,1-2,4-5H2;5-6H,1-4H2. The Balaban J connectivity index is 0.000000186. The quantitative estimate of drug-likeness (QED) is 0.640. The first-order chi connectivity index (χ1) is 9.38. The number of carbonyl (C=O) groups excluding carboxylic acids is 1. The number of nitrogens with one attached hydrogen (secondary N) is 3. The van der Waals surface area contributed by atoms with E-state index in [4.69, 9.17) is 0 Å². The molecule has 19 heavy (non-hydrogen) atoms. The van der Waals surface area contributed by atoms with Crippen LogP contribution in [-0.2, 0) is 0 Å². The van der Waals surface area contributed by atoms with E-state index in [1.807, 2.05) is 10.3 Å². The number of thiazole rings is 1. The number of nitrogens with zero attached hydrogens (tertiary/aromatic N) is 2. The summed E-state index contributed by atoms with van der Waals surface area (Å²) < 4.78 is 0. The van der Waals surface area contributed by atoms with Crippen LogP contribution in [0.2, 0.25) is 0 Å². The van der Waals surface area contributed by atoms with Gasteiger partial charge in [0.2, 0.25) is 0 Å². The van der Waals surface area contributed by atoms with Crippen molar-refractivity contribution in [3.05, 3.63) is 16.6 Å². The third-order valence-corrected chi connectivity index (χ3v) is 3.74. The van der Waals surface area contributed by atoms with Crippen molar-refractivity contribution in [3.8, 4) is 0 Å². The Morgan fingerprint density at radius 3 is 2.11 bits per heavy atom. The van der Waals surface area contributed by atoms with Crippen molar-refractivity contribution in [3.63, 3.8) is 0 Å². The van der Waals surface area contributed by atoms with Crippen LogP contribution in [0, 0.1) is 0 Å². The lowest BCUT2D eigenvalue weighted by atomic mass is 10.3. The molecule has 1 amide bonds. The van der Waals surface area contributed by atoms with Crippen LogP contribution in [-0.4, -0.2) is 68.1 Å². The van der Waals surface area contributed by atoms with Crippen LogP contribution in [0.25, 0.3) is 0 Å². The summed E-state index contributed by atoms with van der Waals surface area (Å²) in [6.45, 7) is 7.91. The van der Waals surface area contributed by atoms with Crippen LogP contribution >= 0.6 is 11.3 Å². The van der Waals surface area contributed by atoms with E-state index < -0.39 is 0 Å². The van der Waals surface area contributed by atoms with Gasteiger partial charge in [-0.1, -0.05) is 0 Å². The van der Waals surface area contributed by atoms with Gasteiger partial charge in [-0.25, -0.2) is 4.98 Å². The van der Waals surface area contributed by atoms with Crippen LogP contribution in [0.3, 0.4) is 0 Å². The Labute approximate surface area is 117 Å². The lowest BCUT2D eigenvalue weighted by Crippen LogP contribution is -2.46. The van der Waals surface area contributed by atoms with E-state index in [1.54, 1.807) is 6.20 Å².